The lowest BCUT2D eigenvalue weighted by atomic mass is 10.2. The summed E-state index contributed by atoms with van der Waals surface area (Å²) in [6, 6.07) is 7.71. The number of nitrogens with zero attached hydrogens (tertiary/aromatic N) is 2. The monoisotopic (exact) mass is 317 g/mol. The van der Waals surface area contributed by atoms with Gasteiger partial charge in [-0.15, -0.1) is 11.3 Å². The molecular weight excluding hydrogens is 298 g/mol. The number of ether oxygens (including phenoxy) is 1. The zero-order valence-electron chi connectivity index (χ0n) is 12.7. The van der Waals surface area contributed by atoms with Crippen molar-refractivity contribution in [2.24, 2.45) is 0 Å². The van der Waals surface area contributed by atoms with Gasteiger partial charge in [0.2, 0.25) is 0 Å². The van der Waals surface area contributed by atoms with Crippen LogP contribution in [0.3, 0.4) is 0 Å². The van der Waals surface area contributed by atoms with Gasteiger partial charge < -0.3 is 15.0 Å². The number of morpholine rings is 1. The highest BCUT2D eigenvalue weighted by Crippen LogP contribution is 2.26. The molecule has 3 rings (SSSR count). The molecule has 0 aliphatic carbocycles. The molecule has 6 heteroatoms. The van der Waals surface area contributed by atoms with E-state index in [1.807, 2.05) is 43.5 Å². The zero-order valence-corrected chi connectivity index (χ0v) is 13.5. The van der Waals surface area contributed by atoms with Crippen LogP contribution in [-0.2, 0) is 4.74 Å². The highest BCUT2D eigenvalue weighted by atomic mass is 32.1. The average molecular weight is 317 g/mol. The summed E-state index contributed by atoms with van der Waals surface area (Å²) in [5.41, 5.74) is 2.82. The summed E-state index contributed by atoms with van der Waals surface area (Å²) < 4.78 is 5.46. The van der Waals surface area contributed by atoms with Crippen LogP contribution >= 0.6 is 11.3 Å². The van der Waals surface area contributed by atoms with E-state index in [9.17, 15) is 4.79 Å². The third-order valence-electron chi connectivity index (χ3n) is 3.51. The van der Waals surface area contributed by atoms with Crippen LogP contribution in [0.5, 0.6) is 0 Å². The molecule has 0 unspecified atom stereocenters. The molecule has 0 bridgehead atoms. The lowest BCUT2D eigenvalue weighted by Crippen LogP contribution is -2.46. The first-order valence-corrected chi connectivity index (χ1v) is 8.20. The Balaban J connectivity index is 1.71. The van der Waals surface area contributed by atoms with Crippen LogP contribution in [0.4, 0.5) is 10.5 Å². The second kappa shape index (κ2) is 6.46. The third kappa shape index (κ3) is 3.45. The minimum absolute atomic E-state index is 0.0809. The number of carbonyl (C=O) groups excluding carboxylic acids is 1. The van der Waals surface area contributed by atoms with E-state index in [-0.39, 0.29) is 12.1 Å². The molecule has 1 aliphatic heterocycles. The van der Waals surface area contributed by atoms with Gasteiger partial charge in [-0.05, 0) is 26.0 Å². The van der Waals surface area contributed by atoms with E-state index in [2.05, 4.69) is 10.3 Å². The molecule has 1 atom stereocenters. The minimum atomic E-state index is -0.0809. The zero-order chi connectivity index (χ0) is 15.5. The standard InChI is InChI=1S/C16H19N3O2S/c1-11-10-22-15(17-11)13-4-3-5-14(8-13)18-16(20)19-6-7-21-12(2)9-19/h3-5,8,10,12H,6-7,9H2,1-2H3,(H,18,20)/t12-/m1/s1. The van der Waals surface area contributed by atoms with Gasteiger partial charge in [0, 0.05) is 35.4 Å². The number of carbonyl (C=O) groups is 1. The molecule has 1 saturated heterocycles. The molecule has 0 spiro atoms. The van der Waals surface area contributed by atoms with Crippen molar-refractivity contribution in [1.82, 2.24) is 9.88 Å². The summed E-state index contributed by atoms with van der Waals surface area (Å²) >= 11 is 1.61. The molecule has 1 fully saturated rings. The van der Waals surface area contributed by atoms with Crippen molar-refractivity contribution in [3.05, 3.63) is 35.3 Å². The van der Waals surface area contributed by atoms with Gasteiger partial charge >= 0.3 is 6.03 Å². The number of rotatable bonds is 2. The predicted octanol–water partition coefficient (Wildman–Crippen LogP) is 3.37. The maximum absolute atomic E-state index is 12.3. The van der Waals surface area contributed by atoms with Gasteiger partial charge in [-0.25, -0.2) is 9.78 Å². The smallest absolute Gasteiger partial charge is 0.322 e. The first kappa shape index (κ1) is 15.0. The van der Waals surface area contributed by atoms with E-state index in [1.54, 1.807) is 16.2 Å². The summed E-state index contributed by atoms with van der Waals surface area (Å²) in [6.45, 7) is 5.79. The molecule has 116 valence electrons. The Morgan fingerprint density at radius 3 is 3.09 bits per heavy atom. The van der Waals surface area contributed by atoms with Crippen molar-refractivity contribution in [2.75, 3.05) is 25.0 Å². The number of aromatic nitrogens is 1. The number of hydrogen-bond donors (Lipinski definition) is 1. The average Bonchev–Trinajstić information content (AvgIpc) is 2.94. The molecule has 1 aromatic carbocycles. The van der Waals surface area contributed by atoms with Crippen molar-refractivity contribution in [3.63, 3.8) is 0 Å². The van der Waals surface area contributed by atoms with E-state index >= 15 is 0 Å². The van der Waals surface area contributed by atoms with Gasteiger partial charge in [0.1, 0.15) is 5.01 Å². The third-order valence-corrected chi connectivity index (χ3v) is 4.52. The van der Waals surface area contributed by atoms with Crippen LogP contribution in [0.25, 0.3) is 10.6 Å². The Labute approximate surface area is 133 Å². The first-order valence-electron chi connectivity index (χ1n) is 7.32. The van der Waals surface area contributed by atoms with Crippen molar-refractivity contribution in [2.45, 2.75) is 20.0 Å². The fraction of sp³-hybridized carbons (Fsp3) is 0.375. The van der Waals surface area contributed by atoms with Gasteiger partial charge in [-0.2, -0.15) is 0 Å². The van der Waals surface area contributed by atoms with E-state index in [4.69, 9.17) is 4.74 Å². The SMILES string of the molecule is Cc1csc(-c2cccc(NC(=O)N3CCO[C@H](C)C3)c2)n1. The fourth-order valence-electron chi connectivity index (χ4n) is 2.42. The van der Waals surface area contributed by atoms with Crippen LogP contribution in [0.2, 0.25) is 0 Å². The number of thiazole rings is 1. The molecule has 1 aliphatic rings. The molecular formula is C16H19N3O2S. The number of amides is 2. The fourth-order valence-corrected chi connectivity index (χ4v) is 3.22. The predicted molar refractivity (Wildman–Crippen MR) is 88.3 cm³/mol. The molecule has 2 aromatic rings. The summed E-state index contributed by atoms with van der Waals surface area (Å²) in [4.78, 5) is 18.6. The number of anilines is 1. The molecule has 5 nitrogen and oxygen atoms in total. The van der Waals surface area contributed by atoms with E-state index in [1.165, 1.54) is 0 Å². The van der Waals surface area contributed by atoms with E-state index in [0.29, 0.717) is 19.7 Å². The van der Waals surface area contributed by atoms with Gasteiger partial charge in [-0.1, -0.05) is 12.1 Å². The van der Waals surface area contributed by atoms with Crippen LogP contribution in [0, 0.1) is 6.92 Å². The maximum Gasteiger partial charge on any atom is 0.322 e. The summed E-state index contributed by atoms with van der Waals surface area (Å²) in [5, 5.41) is 5.95. The number of hydrogen-bond acceptors (Lipinski definition) is 4. The Hall–Kier alpha value is -1.92. The Kier molecular flexibility index (Phi) is 4.40. The van der Waals surface area contributed by atoms with Crippen molar-refractivity contribution < 1.29 is 9.53 Å². The molecule has 22 heavy (non-hydrogen) atoms. The lowest BCUT2D eigenvalue weighted by Gasteiger charge is -2.31. The topological polar surface area (TPSA) is 54.5 Å². The van der Waals surface area contributed by atoms with Gasteiger partial charge in [0.05, 0.1) is 12.7 Å². The highest BCUT2D eigenvalue weighted by Gasteiger charge is 2.21. The molecule has 2 amide bonds. The second-order valence-corrected chi connectivity index (χ2v) is 6.29. The Bertz CT molecular complexity index is 671. The van der Waals surface area contributed by atoms with Crippen LogP contribution in [0.1, 0.15) is 12.6 Å². The van der Waals surface area contributed by atoms with Crippen LogP contribution in [-0.4, -0.2) is 41.7 Å². The van der Waals surface area contributed by atoms with Gasteiger partial charge in [0.25, 0.3) is 0 Å². The number of benzene rings is 1. The Morgan fingerprint density at radius 1 is 1.50 bits per heavy atom. The Morgan fingerprint density at radius 2 is 2.36 bits per heavy atom. The maximum atomic E-state index is 12.3. The van der Waals surface area contributed by atoms with Crippen LogP contribution in [0.15, 0.2) is 29.6 Å². The number of nitrogens with one attached hydrogen (secondary N) is 1. The molecule has 0 saturated carbocycles. The number of aryl methyl sites for hydroxylation is 1. The molecule has 2 heterocycles. The summed E-state index contributed by atoms with van der Waals surface area (Å²) in [6.07, 6.45) is 0.0872. The van der Waals surface area contributed by atoms with Gasteiger partial charge in [0.15, 0.2) is 0 Å². The highest BCUT2D eigenvalue weighted by molar-refractivity contribution is 7.13. The van der Waals surface area contributed by atoms with E-state index in [0.717, 1.165) is 22.0 Å². The first-order chi connectivity index (χ1) is 10.6. The quantitative estimate of drug-likeness (QED) is 0.924. The molecule has 0 radical (unpaired) electrons. The normalized spacial score (nSPS) is 18.3. The van der Waals surface area contributed by atoms with Crippen molar-refractivity contribution >= 4 is 23.1 Å². The second-order valence-electron chi connectivity index (χ2n) is 5.43. The number of urea groups is 1. The van der Waals surface area contributed by atoms with E-state index < -0.39 is 0 Å². The van der Waals surface area contributed by atoms with Crippen LogP contribution < -0.4 is 5.32 Å². The molecule has 1 N–H and O–H groups in total. The minimum Gasteiger partial charge on any atom is -0.375 e. The van der Waals surface area contributed by atoms with Crippen molar-refractivity contribution in [3.8, 4) is 10.6 Å². The summed E-state index contributed by atoms with van der Waals surface area (Å²) in [7, 11) is 0. The summed E-state index contributed by atoms with van der Waals surface area (Å²) in [5.74, 6) is 0. The molecule has 1 aromatic heterocycles. The van der Waals surface area contributed by atoms with Crippen molar-refractivity contribution in [1.29, 1.82) is 0 Å². The lowest BCUT2D eigenvalue weighted by molar-refractivity contribution is -0.00138. The largest absolute Gasteiger partial charge is 0.375 e. The van der Waals surface area contributed by atoms with Gasteiger partial charge in [-0.3, -0.25) is 0 Å².